The zero-order chi connectivity index (χ0) is 18.4. The molecule has 1 aromatic carbocycles. The fourth-order valence-corrected chi connectivity index (χ4v) is 4.41. The molecule has 12 heteroatoms. The molecule has 0 aliphatic carbocycles. The molecule has 0 bridgehead atoms. The third kappa shape index (κ3) is 3.23. The van der Waals surface area contributed by atoms with Gasteiger partial charge in [-0.25, -0.2) is 0 Å². The number of non-ortho nitro benzene ring substituents is 1. The van der Waals surface area contributed by atoms with Crippen LogP contribution in [-0.4, -0.2) is 40.3 Å². The van der Waals surface area contributed by atoms with Crippen LogP contribution in [-0.2, 0) is 6.18 Å². The van der Waals surface area contributed by atoms with Crippen molar-refractivity contribution in [2.24, 2.45) is 0 Å². The molecule has 7 nitrogen and oxygen atoms in total. The summed E-state index contributed by atoms with van der Waals surface area (Å²) in [4.78, 5) is 24.0. The third-order valence-electron chi connectivity index (χ3n) is 3.66. The van der Waals surface area contributed by atoms with Crippen molar-refractivity contribution in [1.29, 1.82) is 0 Å². The van der Waals surface area contributed by atoms with Crippen molar-refractivity contribution in [3.63, 3.8) is 0 Å². The second kappa shape index (κ2) is 6.33. The molecule has 25 heavy (non-hydrogen) atoms. The number of thioether (sulfide) groups is 1. The van der Waals surface area contributed by atoms with Crippen molar-refractivity contribution < 1.29 is 27.6 Å². The van der Waals surface area contributed by atoms with E-state index in [1.165, 1.54) is 4.90 Å². The lowest BCUT2D eigenvalue weighted by Crippen LogP contribution is -2.43. The van der Waals surface area contributed by atoms with Crippen molar-refractivity contribution in [2.45, 2.75) is 6.18 Å². The van der Waals surface area contributed by atoms with E-state index in [4.69, 9.17) is 0 Å². The van der Waals surface area contributed by atoms with E-state index >= 15 is 0 Å². The molecular formula is C13H10F3N3O4S2. The number of thiazole rings is 1. The van der Waals surface area contributed by atoms with Crippen LogP contribution >= 0.6 is 23.1 Å². The van der Waals surface area contributed by atoms with Gasteiger partial charge < -0.3 is 10.1 Å². The summed E-state index contributed by atoms with van der Waals surface area (Å²) in [7, 11) is 0. The summed E-state index contributed by atoms with van der Waals surface area (Å²) in [6.45, 7) is 0.821. The zero-order valence-corrected chi connectivity index (χ0v) is 14.0. The first-order chi connectivity index (χ1) is 11.7. The topological polar surface area (TPSA) is 90.4 Å². The average Bonchev–Trinajstić information content (AvgIpc) is 2.90. The summed E-state index contributed by atoms with van der Waals surface area (Å²) in [5.41, 5.74) is -2.67. The van der Waals surface area contributed by atoms with Crippen molar-refractivity contribution in [3.05, 3.63) is 38.0 Å². The summed E-state index contributed by atoms with van der Waals surface area (Å²) in [5, 5.41) is 23.1. The van der Waals surface area contributed by atoms with E-state index < -0.39 is 33.8 Å². The minimum Gasteiger partial charge on any atom is -0.617 e. The number of aromatic nitrogens is 1. The standard InChI is InChI=1S/C13H10F3N3O4S2/c14-13(15,16)7-5-8-10(9(6-7)19(22)23)25-12(18(8)21)11(20)17-1-3-24-4-2-17/h5-6H,1-4H2. The number of carbonyl (C=O) groups excluding carboxylic acids is 1. The molecule has 0 spiro atoms. The van der Waals surface area contributed by atoms with E-state index in [1.807, 2.05) is 0 Å². The van der Waals surface area contributed by atoms with Crippen molar-refractivity contribution in [3.8, 4) is 0 Å². The molecule has 3 rings (SSSR count). The fourth-order valence-electron chi connectivity index (χ4n) is 2.43. The summed E-state index contributed by atoms with van der Waals surface area (Å²) in [5.74, 6) is 0.751. The molecule has 1 aromatic heterocycles. The van der Waals surface area contributed by atoms with Crippen LogP contribution in [0.2, 0.25) is 0 Å². The number of rotatable bonds is 2. The molecule has 1 saturated heterocycles. The van der Waals surface area contributed by atoms with Crippen molar-refractivity contribution in [1.82, 2.24) is 4.90 Å². The normalized spacial score (nSPS) is 15.6. The Kier molecular flexibility index (Phi) is 4.49. The number of alkyl halides is 3. The van der Waals surface area contributed by atoms with Gasteiger partial charge in [-0.15, -0.1) is 4.73 Å². The second-order valence-electron chi connectivity index (χ2n) is 5.20. The zero-order valence-electron chi connectivity index (χ0n) is 12.4. The Morgan fingerprint density at radius 3 is 2.48 bits per heavy atom. The number of nitrogens with zero attached hydrogens (tertiary/aromatic N) is 3. The van der Waals surface area contributed by atoms with Gasteiger partial charge in [0.2, 0.25) is 5.52 Å². The number of nitro benzene ring substituents is 1. The van der Waals surface area contributed by atoms with Crippen LogP contribution in [0.5, 0.6) is 0 Å². The number of hydrogen-bond acceptors (Lipinski definition) is 6. The predicted molar refractivity (Wildman–Crippen MR) is 85.7 cm³/mol. The van der Waals surface area contributed by atoms with Gasteiger partial charge in [-0.1, -0.05) is 0 Å². The number of halogens is 3. The minimum atomic E-state index is -4.85. The molecule has 2 heterocycles. The number of carbonyl (C=O) groups is 1. The number of hydrogen-bond donors (Lipinski definition) is 0. The first kappa shape index (κ1) is 17.7. The molecule has 1 aliphatic heterocycles. The lowest BCUT2D eigenvalue weighted by Gasteiger charge is -2.24. The molecule has 0 N–H and O–H groups in total. The van der Waals surface area contributed by atoms with E-state index in [0.717, 1.165) is 0 Å². The van der Waals surface area contributed by atoms with Gasteiger partial charge in [-0.2, -0.15) is 24.9 Å². The van der Waals surface area contributed by atoms with Crippen LogP contribution in [0.25, 0.3) is 10.2 Å². The van der Waals surface area contributed by atoms with Gasteiger partial charge in [0.25, 0.3) is 5.69 Å². The van der Waals surface area contributed by atoms with Gasteiger partial charge in [0, 0.05) is 36.7 Å². The summed E-state index contributed by atoms with van der Waals surface area (Å²) in [6, 6.07) is 0.916. The molecular weight excluding hydrogens is 383 g/mol. The van der Waals surface area contributed by atoms with Crippen molar-refractivity contribution >= 4 is 44.9 Å². The molecule has 0 unspecified atom stereocenters. The maximum atomic E-state index is 12.9. The van der Waals surface area contributed by atoms with E-state index in [0.29, 0.717) is 48.1 Å². The predicted octanol–water partition coefficient (Wildman–Crippen LogP) is 2.65. The number of amides is 1. The maximum absolute atomic E-state index is 12.9. The summed E-state index contributed by atoms with van der Waals surface area (Å²) in [6.07, 6.45) is -4.85. The Balaban J connectivity index is 2.16. The first-order valence-electron chi connectivity index (χ1n) is 6.99. The number of fused-ring (bicyclic) bond motifs is 1. The smallest absolute Gasteiger partial charge is 0.416 e. The fraction of sp³-hybridized carbons (Fsp3) is 0.385. The van der Waals surface area contributed by atoms with Gasteiger partial charge in [0.15, 0.2) is 4.70 Å². The van der Waals surface area contributed by atoms with Crippen LogP contribution in [0.4, 0.5) is 18.9 Å². The highest BCUT2D eigenvalue weighted by Gasteiger charge is 2.38. The van der Waals surface area contributed by atoms with Gasteiger partial charge in [0.1, 0.15) is 0 Å². The van der Waals surface area contributed by atoms with E-state index in [2.05, 4.69) is 0 Å². The molecule has 1 amide bonds. The van der Waals surface area contributed by atoms with Gasteiger partial charge in [0.05, 0.1) is 10.5 Å². The van der Waals surface area contributed by atoms with Crippen LogP contribution in [0.15, 0.2) is 12.1 Å². The van der Waals surface area contributed by atoms with Gasteiger partial charge in [-0.3, -0.25) is 14.9 Å². The highest BCUT2D eigenvalue weighted by molar-refractivity contribution is 7.99. The first-order valence-corrected chi connectivity index (χ1v) is 8.96. The molecule has 2 aromatic rings. The monoisotopic (exact) mass is 393 g/mol. The quantitative estimate of drug-likeness (QED) is 0.339. The van der Waals surface area contributed by atoms with Crippen LogP contribution < -0.4 is 4.73 Å². The van der Waals surface area contributed by atoms with E-state index in [9.17, 15) is 33.3 Å². The molecule has 134 valence electrons. The molecule has 0 atom stereocenters. The lowest BCUT2D eigenvalue weighted by atomic mass is 10.2. The van der Waals surface area contributed by atoms with Crippen LogP contribution in [0.3, 0.4) is 0 Å². The van der Waals surface area contributed by atoms with Gasteiger partial charge in [-0.05, 0) is 11.3 Å². The summed E-state index contributed by atoms with van der Waals surface area (Å²) >= 11 is 2.19. The van der Waals surface area contributed by atoms with E-state index in [1.54, 1.807) is 11.8 Å². The molecule has 0 radical (unpaired) electrons. The molecule has 0 saturated carbocycles. The van der Waals surface area contributed by atoms with Crippen molar-refractivity contribution in [2.75, 3.05) is 24.6 Å². The van der Waals surface area contributed by atoms with E-state index in [-0.39, 0.29) is 14.4 Å². The van der Waals surface area contributed by atoms with Gasteiger partial charge >= 0.3 is 17.1 Å². The summed E-state index contributed by atoms with van der Waals surface area (Å²) < 4.78 is 38.6. The lowest BCUT2D eigenvalue weighted by molar-refractivity contribution is -0.574. The number of benzene rings is 1. The number of nitro groups is 1. The Morgan fingerprint density at radius 1 is 1.28 bits per heavy atom. The molecule has 1 fully saturated rings. The highest BCUT2D eigenvalue weighted by atomic mass is 32.2. The second-order valence-corrected chi connectivity index (χ2v) is 7.43. The van der Waals surface area contributed by atoms with Crippen LogP contribution in [0.1, 0.15) is 15.4 Å². The largest absolute Gasteiger partial charge is 0.617 e. The van der Waals surface area contributed by atoms with Crippen LogP contribution in [0, 0.1) is 15.3 Å². The highest BCUT2D eigenvalue weighted by Crippen LogP contribution is 2.38. The Bertz CT molecular complexity index is 862. The maximum Gasteiger partial charge on any atom is 0.416 e. The SMILES string of the molecule is O=C(c1sc2c([N+](=O)[O-])cc(C(F)(F)F)cc2[n+]1[O-])N1CCSCC1. The third-order valence-corrected chi connectivity index (χ3v) is 5.76. The Hall–Kier alpha value is -2.08. The molecule has 1 aliphatic rings. The Labute approximate surface area is 146 Å². The minimum absolute atomic E-state index is 0.0618. The Morgan fingerprint density at radius 2 is 1.92 bits per heavy atom. The average molecular weight is 393 g/mol.